The van der Waals surface area contributed by atoms with Crippen molar-refractivity contribution in [3.05, 3.63) is 36.7 Å². The van der Waals surface area contributed by atoms with Crippen LogP contribution in [-0.4, -0.2) is 47.2 Å². The molecule has 5 rings (SSSR count). The summed E-state index contributed by atoms with van der Waals surface area (Å²) in [6.45, 7) is 4.26. The Morgan fingerprint density at radius 1 is 1.12 bits per heavy atom. The number of carbonyl (C=O) groups excluding carboxylic acids is 1. The van der Waals surface area contributed by atoms with Gasteiger partial charge in [-0.2, -0.15) is 5.10 Å². The molecule has 2 aromatic rings. The number of H-pyrrole nitrogens is 1. The maximum absolute atomic E-state index is 11.8. The molecule has 1 aromatic carbocycles. The molecule has 1 saturated carbocycles. The molecule has 5 heteroatoms. The molecule has 1 N–H and O–H groups in total. The van der Waals surface area contributed by atoms with E-state index in [0.717, 1.165) is 62.3 Å². The van der Waals surface area contributed by atoms with E-state index in [9.17, 15) is 4.79 Å². The predicted molar refractivity (Wildman–Crippen MR) is 92.5 cm³/mol. The van der Waals surface area contributed by atoms with Crippen molar-refractivity contribution in [3.8, 4) is 11.1 Å². The van der Waals surface area contributed by atoms with Crippen molar-refractivity contribution >= 4 is 11.6 Å². The van der Waals surface area contributed by atoms with Gasteiger partial charge in [-0.3, -0.25) is 9.89 Å². The molecule has 124 valence electrons. The number of anilines is 1. The zero-order valence-electron chi connectivity index (χ0n) is 13.7. The van der Waals surface area contributed by atoms with Crippen LogP contribution in [0.1, 0.15) is 12.8 Å². The van der Waals surface area contributed by atoms with E-state index in [2.05, 4.69) is 44.3 Å². The number of carbonyl (C=O) groups is 1. The van der Waals surface area contributed by atoms with Gasteiger partial charge in [-0.25, -0.2) is 0 Å². The Balaban J connectivity index is 1.20. The first-order valence-corrected chi connectivity index (χ1v) is 8.91. The first-order valence-electron chi connectivity index (χ1n) is 8.91. The highest BCUT2D eigenvalue weighted by Crippen LogP contribution is 2.53. The van der Waals surface area contributed by atoms with Gasteiger partial charge in [-0.1, -0.05) is 12.1 Å². The van der Waals surface area contributed by atoms with E-state index >= 15 is 0 Å². The number of aromatic nitrogens is 2. The summed E-state index contributed by atoms with van der Waals surface area (Å²) in [5.41, 5.74) is 3.63. The molecular weight excluding hydrogens is 300 g/mol. The summed E-state index contributed by atoms with van der Waals surface area (Å²) in [5, 5.41) is 6.87. The Labute approximate surface area is 141 Å². The van der Waals surface area contributed by atoms with E-state index in [1.807, 2.05) is 12.4 Å². The Kier molecular flexibility index (Phi) is 3.15. The minimum absolute atomic E-state index is 0.367. The van der Waals surface area contributed by atoms with Gasteiger partial charge in [0.15, 0.2) is 0 Å². The monoisotopic (exact) mass is 322 g/mol. The second kappa shape index (κ2) is 5.36. The van der Waals surface area contributed by atoms with Crippen LogP contribution in [-0.2, 0) is 4.79 Å². The average Bonchev–Trinajstić information content (AvgIpc) is 3.13. The lowest BCUT2D eigenvalue weighted by atomic mass is 10.1. The Morgan fingerprint density at radius 2 is 1.92 bits per heavy atom. The highest BCUT2D eigenvalue weighted by Gasteiger charge is 2.56. The number of likely N-dealkylation sites (tertiary alicyclic amines) is 1. The van der Waals surface area contributed by atoms with Gasteiger partial charge in [0, 0.05) is 50.0 Å². The number of aromatic amines is 1. The molecule has 2 atom stereocenters. The quantitative estimate of drug-likeness (QED) is 0.940. The lowest BCUT2D eigenvalue weighted by Gasteiger charge is -2.24. The molecule has 1 aliphatic carbocycles. The van der Waals surface area contributed by atoms with E-state index in [1.165, 1.54) is 11.3 Å². The largest absolute Gasteiger partial charge is 0.371 e. The third-order valence-electron chi connectivity index (χ3n) is 6.04. The van der Waals surface area contributed by atoms with Crippen molar-refractivity contribution in [2.75, 3.05) is 31.1 Å². The second-order valence-corrected chi connectivity index (χ2v) is 7.37. The number of rotatable bonds is 4. The molecule has 3 heterocycles. The molecule has 0 radical (unpaired) electrons. The molecule has 1 aromatic heterocycles. The van der Waals surface area contributed by atoms with Gasteiger partial charge >= 0.3 is 0 Å². The van der Waals surface area contributed by atoms with E-state index in [4.69, 9.17) is 0 Å². The van der Waals surface area contributed by atoms with Crippen LogP contribution in [0.2, 0.25) is 0 Å². The third-order valence-corrected chi connectivity index (χ3v) is 6.04. The van der Waals surface area contributed by atoms with E-state index < -0.39 is 0 Å². The summed E-state index contributed by atoms with van der Waals surface area (Å²) >= 11 is 0. The highest BCUT2D eigenvalue weighted by molar-refractivity contribution is 5.78. The van der Waals surface area contributed by atoms with E-state index in [1.54, 1.807) is 0 Å². The van der Waals surface area contributed by atoms with Crippen molar-refractivity contribution < 1.29 is 4.79 Å². The standard InChI is InChI=1S/C19H22N4O/c24-19-2-1-7-22(19)10-16-17-11-23(12-18(16)17)15-5-3-13(4-6-15)14-8-20-21-9-14/h3-6,8-9,16-18H,1-2,7,10-12H2,(H,20,21). The van der Waals surface area contributed by atoms with Crippen molar-refractivity contribution in [2.45, 2.75) is 12.8 Å². The SMILES string of the molecule is O=C1CCCN1CC1C2CN(c3ccc(-c4cn[nH]c4)cc3)CC12. The van der Waals surface area contributed by atoms with Crippen LogP contribution in [0.3, 0.4) is 0 Å². The smallest absolute Gasteiger partial charge is 0.222 e. The molecule has 3 fully saturated rings. The Morgan fingerprint density at radius 3 is 2.54 bits per heavy atom. The normalized spacial score (nSPS) is 28.5. The second-order valence-electron chi connectivity index (χ2n) is 7.37. The van der Waals surface area contributed by atoms with Gasteiger partial charge in [-0.05, 0) is 41.9 Å². The zero-order chi connectivity index (χ0) is 16.1. The van der Waals surface area contributed by atoms with Gasteiger partial charge in [-0.15, -0.1) is 0 Å². The van der Waals surface area contributed by atoms with Crippen LogP contribution in [0.5, 0.6) is 0 Å². The maximum Gasteiger partial charge on any atom is 0.222 e. The maximum atomic E-state index is 11.8. The van der Waals surface area contributed by atoms with Crippen molar-refractivity contribution in [1.82, 2.24) is 15.1 Å². The summed E-state index contributed by atoms with van der Waals surface area (Å²) in [7, 11) is 0. The number of amides is 1. The average molecular weight is 322 g/mol. The zero-order valence-corrected chi connectivity index (χ0v) is 13.7. The third kappa shape index (κ3) is 2.30. The molecule has 2 saturated heterocycles. The van der Waals surface area contributed by atoms with Crippen molar-refractivity contribution in [2.24, 2.45) is 17.8 Å². The van der Waals surface area contributed by atoms with Crippen LogP contribution in [0.15, 0.2) is 36.7 Å². The van der Waals surface area contributed by atoms with E-state index in [0.29, 0.717) is 5.91 Å². The lowest BCUT2D eigenvalue weighted by molar-refractivity contribution is -0.127. The molecular formula is C19H22N4O. The summed E-state index contributed by atoms with van der Waals surface area (Å²) in [5.74, 6) is 2.68. The number of piperidine rings is 1. The molecule has 1 amide bonds. The minimum Gasteiger partial charge on any atom is -0.371 e. The number of fused-ring (bicyclic) bond motifs is 1. The minimum atomic E-state index is 0.367. The molecule has 2 aliphatic heterocycles. The fourth-order valence-electron chi connectivity index (χ4n) is 4.56. The Bertz CT molecular complexity index is 727. The Hall–Kier alpha value is -2.30. The summed E-state index contributed by atoms with van der Waals surface area (Å²) in [6.07, 6.45) is 5.59. The first-order chi connectivity index (χ1) is 11.8. The summed E-state index contributed by atoms with van der Waals surface area (Å²) in [4.78, 5) is 16.4. The highest BCUT2D eigenvalue weighted by atomic mass is 16.2. The van der Waals surface area contributed by atoms with E-state index in [-0.39, 0.29) is 0 Å². The van der Waals surface area contributed by atoms with Gasteiger partial charge in [0.25, 0.3) is 0 Å². The summed E-state index contributed by atoms with van der Waals surface area (Å²) in [6, 6.07) is 8.77. The number of benzene rings is 1. The summed E-state index contributed by atoms with van der Waals surface area (Å²) < 4.78 is 0. The number of nitrogens with zero attached hydrogens (tertiary/aromatic N) is 3. The molecule has 0 bridgehead atoms. The molecule has 5 nitrogen and oxygen atoms in total. The van der Waals surface area contributed by atoms with Crippen LogP contribution in [0.4, 0.5) is 5.69 Å². The van der Waals surface area contributed by atoms with Crippen LogP contribution >= 0.6 is 0 Å². The van der Waals surface area contributed by atoms with Gasteiger partial charge in [0.2, 0.25) is 5.91 Å². The fourth-order valence-corrected chi connectivity index (χ4v) is 4.56. The van der Waals surface area contributed by atoms with Crippen molar-refractivity contribution in [1.29, 1.82) is 0 Å². The van der Waals surface area contributed by atoms with Gasteiger partial charge in [0.1, 0.15) is 0 Å². The lowest BCUT2D eigenvalue weighted by Crippen LogP contribution is -2.31. The molecule has 2 unspecified atom stereocenters. The van der Waals surface area contributed by atoms with Gasteiger partial charge < -0.3 is 9.80 Å². The van der Waals surface area contributed by atoms with Crippen LogP contribution in [0.25, 0.3) is 11.1 Å². The fraction of sp³-hybridized carbons (Fsp3) is 0.474. The first kappa shape index (κ1) is 14.1. The predicted octanol–water partition coefficient (Wildman–Crippen LogP) is 2.38. The number of hydrogen-bond acceptors (Lipinski definition) is 3. The molecule has 0 spiro atoms. The number of hydrogen-bond donors (Lipinski definition) is 1. The van der Waals surface area contributed by atoms with Gasteiger partial charge in [0.05, 0.1) is 6.20 Å². The number of nitrogens with one attached hydrogen (secondary N) is 1. The van der Waals surface area contributed by atoms with Crippen molar-refractivity contribution in [3.63, 3.8) is 0 Å². The molecule has 3 aliphatic rings. The van der Waals surface area contributed by atoms with Crippen LogP contribution < -0.4 is 4.90 Å². The van der Waals surface area contributed by atoms with Crippen LogP contribution in [0, 0.1) is 17.8 Å². The molecule has 24 heavy (non-hydrogen) atoms. The topological polar surface area (TPSA) is 52.2 Å².